The number of hydrogen-bond donors (Lipinski definition) is 2. The zero-order chi connectivity index (χ0) is 13.8. The van der Waals surface area contributed by atoms with Crippen molar-refractivity contribution in [1.29, 1.82) is 0 Å². The first-order chi connectivity index (χ1) is 9.81. The molecule has 0 aliphatic rings. The number of aromatic hydroxyl groups is 1. The second kappa shape index (κ2) is 5.49. The number of nitrogens with one attached hydrogen (secondary N) is 1. The Kier molecular flexibility index (Phi) is 3.38. The number of para-hydroxylation sites is 1. The van der Waals surface area contributed by atoms with E-state index in [1.54, 1.807) is 12.1 Å². The largest absolute Gasteiger partial charge is 0.508 e. The van der Waals surface area contributed by atoms with Gasteiger partial charge in [-0.1, -0.05) is 42.5 Å². The second-order valence-corrected chi connectivity index (χ2v) is 4.62. The fourth-order valence-corrected chi connectivity index (χ4v) is 2.09. The maximum Gasteiger partial charge on any atom is 0.115 e. The first kappa shape index (κ1) is 12.3. The smallest absolute Gasteiger partial charge is 0.115 e. The highest BCUT2D eigenvalue weighted by Crippen LogP contribution is 2.24. The summed E-state index contributed by atoms with van der Waals surface area (Å²) in [5.41, 5.74) is 4.35. The van der Waals surface area contributed by atoms with Crippen molar-refractivity contribution in [3.05, 3.63) is 78.9 Å². The lowest BCUT2D eigenvalue weighted by atomic mass is 10.1. The molecule has 2 nitrogen and oxygen atoms in total. The van der Waals surface area contributed by atoms with Crippen LogP contribution in [0.5, 0.6) is 5.75 Å². The van der Waals surface area contributed by atoms with Crippen molar-refractivity contribution in [2.45, 2.75) is 0 Å². The Morgan fingerprint density at radius 2 is 1.05 bits per heavy atom. The fourth-order valence-electron chi connectivity index (χ4n) is 2.09. The lowest BCUT2D eigenvalue weighted by Crippen LogP contribution is -1.89. The Bertz CT molecular complexity index is 673. The van der Waals surface area contributed by atoms with E-state index in [1.165, 1.54) is 0 Å². The van der Waals surface area contributed by atoms with Gasteiger partial charge in [0.15, 0.2) is 0 Å². The highest BCUT2D eigenvalue weighted by molar-refractivity contribution is 5.68. The molecule has 2 N–H and O–H groups in total. The Hall–Kier alpha value is -2.74. The fraction of sp³-hybridized carbons (Fsp3) is 0. The Morgan fingerprint density at radius 1 is 0.550 bits per heavy atom. The summed E-state index contributed by atoms with van der Waals surface area (Å²) in [4.78, 5) is 0. The highest BCUT2D eigenvalue weighted by atomic mass is 16.3. The van der Waals surface area contributed by atoms with Crippen molar-refractivity contribution in [3.8, 4) is 16.9 Å². The van der Waals surface area contributed by atoms with Gasteiger partial charge in [0.2, 0.25) is 0 Å². The van der Waals surface area contributed by atoms with E-state index in [2.05, 4.69) is 29.6 Å². The summed E-state index contributed by atoms with van der Waals surface area (Å²) in [7, 11) is 0. The predicted octanol–water partition coefficient (Wildman–Crippen LogP) is 4.80. The van der Waals surface area contributed by atoms with E-state index in [4.69, 9.17) is 0 Å². The highest BCUT2D eigenvalue weighted by Gasteiger charge is 1.99. The van der Waals surface area contributed by atoms with Gasteiger partial charge in [-0.2, -0.15) is 0 Å². The van der Waals surface area contributed by atoms with Crippen LogP contribution in [0.1, 0.15) is 0 Å². The van der Waals surface area contributed by atoms with Gasteiger partial charge in [-0.25, -0.2) is 0 Å². The van der Waals surface area contributed by atoms with E-state index in [0.29, 0.717) is 0 Å². The van der Waals surface area contributed by atoms with Crippen molar-refractivity contribution in [3.63, 3.8) is 0 Å². The molecule has 2 heteroatoms. The summed E-state index contributed by atoms with van der Waals surface area (Å²) in [6.07, 6.45) is 0. The molecule has 0 saturated carbocycles. The summed E-state index contributed by atoms with van der Waals surface area (Å²) in [5.74, 6) is 0.288. The molecule has 0 bridgehead atoms. The van der Waals surface area contributed by atoms with E-state index < -0.39 is 0 Å². The van der Waals surface area contributed by atoms with E-state index in [0.717, 1.165) is 22.5 Å². The van der Waals surface area contributed by atoms with E-state index in [9.17, 15) is 5.11 Å². The number of hydrogen-bond acceptors (Lipinski definition) is 2. The average Bonchev–Trinajstić information content (AvgIpc) is 2.50. The third kappa shape index (κ3) is 2.81. The molecule has 0 amide bonds. The maximum atomic E-state index is 9.30. The van der Waals surface area contributed by atoms with Gasteiger partial charge in [0.25, 0.3) is 0 Å². The van der Waals surface area contributed by atoms with Crippen LogP contribution in [0.2, 0.25) is 0 Å². The van der Waals surface area contributed by atoms with Crippen LogP contribution < -0.4 is 5.32 Å². The predicted molar refractivity (Wildman–Crippen MR) is 83.3 cm³/mol. The molecule has 0 atom stereocenters. The monoisotopic (exact) mass is 261 g/mol. The molecule has 0 aliphatic heterocycles. The van der Waals surface area contributed by atoms with Crippen LogP contribution >= 0.6 is 0 Å². The molecule has 98 valence electrons. The zero-order valence-corrected chi connectivity index (χ0v) is 11.0. The number of phenols is 1. The third-order valence-corrected chi connectivity index (χ3v) is 3.15. The minimum atomic E-state index is 0.288. The van der Waals surface area contributed by atoms with Crippen LogP contribution in [0.25, 0.3) is 11.1 Å². The number of benzene rings is 3. The number of rotatable bonds is 3. The molecule has 3 aromatic rings. The molecule has 0 unspecified atom stereocenters. The number of phenolic OH excluding ortho intramolecular Hbond substituents is 1. The molecular weight excluding hydrogens is 246 g/mol. The summed E-state index contributed by atoms with van der Waals surface area (Å²) in [6, 6.07) is 25.5. The van der Waals surface area contributed by atoms with E-state index in [-0.39, 0.29) is 5.75 Å². The van der Waals surface area contributed by atoms with Gasteiger partial charge in [0, 0.05) is 11.4 Å². The van der Waals surface area contributed by atoms with Gasteiger partial charge in [0.05, 0.1) is 0 Å². The Morgan fingerprint density at radius 3 is 1.65 bits per heavy atom. The van der Waals surface area contributed by atoms with Crippen LogP contribution in [0, 0.1) is 0 Å². The molecule has 0 spiro atoms. The molecule has 0 heterocycles. The van der Waals surface area contributed by atoms with E-state index >= 15 is 0 Å². The van der Waals surface area contributed by atoms with Gasteiger partial charge in [-0.3, -0.25) is 0 Å². The van der Waals surface area contributed by atoms with Crippen molar-refractivity contribution in [2.75, 3.05) is 5.32 Å². The minimum Gasteiger partial charge on any atom is -0.508 e. The molecule has 0 aliphatic carbocycles. The molecule has 20 heavy (non-hydrogen) atoms. The van der Waals surface area contributed by atoms with Gasteiger partial charge < -0.3 is 10.4 Å². The van der Waals surface area contributed by atoms with Gasteiger partial charge in [0.1, 0.15) is 5.75 Å². The average molecular weight is 261 g/mol. The van der Waals surface area contributed by atoms with Gasteiger partial charge in [-0.15, -0.1) is 0 Å². The normalized spacial score (nSPS) is 10.2. The first-order valence-electron chi connectivity index (χ1n) is 6.53. The molecule has 0 saturated heterocycles. The third-order valence-electron chi connectivity index (χ3n) is 3.15. The van der Waals surface area contributed by atoms with Crippen molar-refractivity contribution < 1.29 is 5.11 Å². The topological polar surface area (TPSA) is 32.3 Å². The van der Waals surface area contributed by atoms with Crippen molar-refractivity contribution in [1.82, 2.24) is 0 Å². The van der Waals surface area contributed by atoms with Crippen molar-refractivity contribution >= 4 is 11.4 Å². The second-order valence-electron chi connectivity index (χ2n) is 4.62. The number of anilines is 2. The zero-order valence-electron chi connectivity index (χ0n) is 11.0. The first-order valence-corrected chi connectivity index (χ1v) is 6.53. The summed E-state index contributed by atoms with van der Waals surface area (Å²) in [5, 5.41) is 12.7. The summed E-state index contributed by atoms with van der Waals surface area (Å²) in [6.45, 7) is 0. The van der Waals surface area contributed by atoms with E-state index in [1.807, 2.05) is 42.5 Å². The molecule has 0 aromatic heterocycles. The quantitative estimate of drug-likeness (QED) is 0.709. The van der Waals surface area contributed by atoms with Crippen LogP contribution in [0.4, 0.5) is 11.4 Å². The molecule has 0 fully saturated rings. The lowest BCUT2D eigenvalue weighted by Gasteiger charge is -2.07. The lowest BCUT2D eigenvalue weighted by molar-refractivity contribution is 0.475. The maximum absolute atomic E-state index is 9.30. The summed E-state index contributed by atoms with van der Waals surface area (Å²) < 4.78 is 0. The van der Waals surface area contributed by atoms with Crippen LogP contribution in [0.15, 0.2) is 78.9 Å². The van der Waals surface area contributed by atoms with Crippen LogP contribution in [-0.2, 0) is 0 Å². The van der Waals surface area contributed by atoms with Crippen molar-refractivity contribution in [2.24, 2.45) is 0 Å². The van der Waals surface area contributed by atoms with Crippen LogP contribution in [-0.4, -0.2) is 5.11 Å². The minimum absolute atomic E-state index is 0.288. The molecule has 3 aromatic carbocycles. The Labute approximate surface area is 118 Å². The van der Waals surface area contributed by atoms with Gasteiger partial charge in [-0.05, 0) is 47.5 Å². The van der Waals surface area contributed by atoms with Crippen LogP contribution in [0.3, 0.4) is 0 Å². The molecular formula is C18H15NO. The Balaban J connectivity index is 1.79. The van der Waals surface area contributed by atoms with Gasteiger partial charge >= 0.3 is 0 Å². The SMILES string of the molecule is Oc1ccc(-c2ccc(Nc3ccccc3)cc2)cc1. The summed E-state index contributed by atoms with van der Waals surface area (Å²) >= 11 is 0. The molecule has 3 rings (SSSR count). The standard InChI is InChI=1S/C18H15NO/c20-18-12-8-15(9-13-18)14-6-10-17(11-7-14)19-16-4-2-1-3-5-16/h1-13,19-20H. The molecule has 0 radical (unpaired) electrons.